The predicted octanol–water partition coefficient (Wildman–Crippen LogP) is 2.87. The quantitative estimate of drug-likeness (QED) is 0.831. The number of nitrogens with one attached hydrogen (secondary N) is 1. The van der Waals surface area contributed by atoms with Crippen LogP contribution in [0, 0.1) is 17.1 Å². The zero-order valence-electron chi connectivity index (χ0n) is 11.7. The Morgan fingerprint density at radius 1 is 1.25 bits per heavy atom. The van der Waals surface area contributed by atoms with Gasteiger partial charge in [-0.3, -0.25) is 0 Å². The average Bonchev–Trinajstić information content (AvgIpc) is 2.64. The molecule has 20 heavy (non-hydrogen) atoms. The number of hydrogen-bond donors (Lipinski definition) is 2. The van der Waals surface area contributed by atoms with E-state index in [1.165, 1.54) is 31.0 Å². The van der Waals surface area contributed by atoms with Crippen LogP contribution in [0.1, 0.15) is 49.7 Å². The van der Waals surface area contributed by atoms with Crippen LogP contribution in [0.5, 0.6) is 0 Å². The van der Waals surface area contributed by atoms with Crippen molar-refractivity contribution in [1.29, 1.82) is 5.26 Å². The summed E-state index contributed by atoms with van der Waals surface area (Å²) in [6.45, 7) is 0.900. The molecule has 1 aliphatic carbocycles. The molecule has 4 heteroatoms. The Morgan fingerprint density at radius 3 is 2.60 bits per heavy atom. The molecule has 3 nitrogen and oxygen atoms in total. The van der Waals surface area contributed by atoms with E-state index in [9.17, 15) is 9.50 Å². The summed E-state index contributed by atoms with van der Waals surface area (Å²) in [4.78, 5) is 0. The van der Waals surface area contributed by atoms with Crippen LogP contribution in [-0.4, -0.2) is 17.3 Å². The summed E-state index contributed by atoms with van der Waals surface area (Å²) in [6, 6.07) is 6.22. The third kappa shape index (κ3) is 4.03. The first-order valence-corrected chi connectivity index (χ1v) is 7.25. The Bertz CT molecular complexity index is 488. The minimum Gasteiger partial charge on any atom is -0.389 e. The van der Waals surface area contributed by atoms with Crippen molar-refractivity contribution in [2.45, 2.75) is 50.7 Å². The fraction of sp³-hybridized carbons (Fsp3) is 0.562. The van der Waals surface area contributed by atoms with E-state index in [1.807, 2.05) is 0 Å². The van der Waals surface area contributed by atoms with Gasteiger partial charge in [0, 0.05) is 13.1 Å². The molecule has 1 aliphatic rings. The van der Waals surface area contributed by atoms with E-state index in [2.05, 4.69) is 11.4 Å². The molecule has 108 valence electrons. The van der Waals surface area contributed by atoms with Crippen LogP contribution in [0.25, 0.3) is 0 Å². The summed E-state index contributed by atoms with van der Waals surface area (Å²) >= 11 is 0. The Hall–Kier alpha value is -1.44. The molecule has 0 unspecified atom stereocenters. The Balaban J connectivity index is 1.92. The number of nitriles is 1. The maximum atomic E-state index is 13.2. The third-order valence-corrected chi connectivity index (χ3v) is 3.99. The molecule has 1 fully saturated rings. The number of rotatable bonds is 4. The van der Waals surface area contributed by atoms with E-state index in [0.29, 0.717) is 24.2 Å². The van der Waals surface area contributed by atoms with Gasteiger partial charge in [0.05, 0.1) is 17.2 Å². The second-order valence-electron chi connectivity index (χ2n) is 5.66. The average molecular weight is 276 g/mol. The van der Waals surface area contributed by atoms with Crippen molar-refractivity contribution < 1.29 is 9.50 Å². The summed E-state index contributed by atoms with van der Waals surface area (Å²) in [5.74, 6) is -0.339. The first-order valence-electron chi connectivity index (χ1n) is 7.25. The largest absolute Gasteiger partial charge is 0.389 e. The molecular formula is C16H21FN2O. The summed E-state index contributed by atoms with van der Waals surface area (Å²) in [5, 5.41) is 22.7. The van der Waals surface area contributed by atoms with Gasteiger partial charge in [0.1, 0.15) is 5.82 Å². The van der Waals surface area contributed by atoms with Gasteiger partial charge in [-0.2, -0.15) is 5.26 Å². The molecule has 2 N–H and O–H groups in total. The highest BCUT2D eigenvalue weighted by Crippen LogP contribution is 2.26. The highest BCUT2D eigenvalue weighted by molar-refractivity contribution is 5.37. The molecule has 0 saturated heterocycles. The monoisotopic (exact) mass is 276 g/mol. The number of benzene rings is 1. The summed E-state index contributed by atoms with van der Waals surface area (Å²) in [7, 11) is 0. The molecule has 0 radical (unpaired) electrons. The summed E-state index contributed by atoms with van der Waals surface area (Å²) < 4.78 is 13.2. The second kappa shape index (κ2) is 6.83. The summed E-state index contributed by atoms with van der Waals surface area (Å²) in [5.41, 5.74) is 0.466. The molecule has 0 spiro atoms. The van der Waals surface area contributed by atoms with Crippen molar-refractivity contribution >= 4 is 0 Å². The Kier molecular flexibility index (Phi) is 5.11. The van der Waals surface area contributed by atoms with Crippen molar-refractivity contribution in [3.63, 3.8) is 0 Å². The van der Waals surface area contributed by atoms with Crippen molar-refractivity contribution in [2.75, 3.05) is 6.54 Å². The Morgan fingerprint density at radius 2 is 1.95 bits per heavy atom. The molecule has 1 aromatic rings. The van der Waals surface area contributed by atoms with Gasteiger partial charge in [-0.1, -0.05) is 25.7 Å². The lowest BCUT2D eigenvalue weighted by Gasteiger charge is -2.27. The van der Waals surface area contributed by atoms with Gasteiger partial charge in [-0.15, -0.1) is 0 Å². The maximum absolute atomic E-state index is 13.2. The van der Waals surface area contributed by atoms with Crippen LogP contribution in [0.4, 0.5) is 4.39 Å². The van der Waals surface area contributed by atoms with Crippen molar-refractivity contribution in [3.05, 3.63) is 35.1 Å². The van der Waals surface area contributed by atoms with Gasteiger partial charge in [0.15, 0.2) is 0 Å². The van der Waals surface area contributed by atoms with E-state index in [-0.39, 0.29) is 5.82 Å². The van der Waals surface area contributed by atoms with E-state index in [4.69, 9.17) is 5.26 Å². The number of hydrogen-bond acceptors (Lipinski definition) is 3. The predicted molar refractivity (Wildman–Crippen MR) is 75.5 cm³/mol. The number of nitrogens with zero attached hydrogens (tertiary/aromatic N) is 1. The first kappa shape index (κ1) is 15.0. The van der Waals surface area contributed by atoms with Crippen molar-refractivity contribution in [2.24, 2.45) is 0 Å². The minimum absolute atomic E-state index is 0.339. The lowest BCUT2D eigenvalue weighted by atomic mass is 9.94. The van der Waals surface area contributed by atoms with Crippen LogP contribution in [0.15, 0.2) is 18.2 Å². The molecular weight excluding hydrogens is 255 g/mol. The third-order valence-electron chi connectivity index (χ3n) is 3.99. The number of halogens is 1. The highest BCUT2D eigenvalue weighted by Gasteiger charge is 2.27. The van der Waals surface area contributed by atoms with E-state index < -0.39 is 5.60 Å². The normalized spacial score (nSPS) is 18.2. The van der Waals surface area contributed by atoms with Gasteiger partial charge in [-0.25, -0.2) is 4.39 Å². The molecule has 1 aromatic carbocycles. The SMILES string of the molecule is N#Cc1ccc(F)cc1CNCC1(O)CCCCCC1. The molecule has 0 aliphatic heterocycles. The fourth-order valence-electron chi connectivity index (χ4n) is 2.81. The van der Waals surface area contributed by atoms with E-state index in [0.717, 1.165) is 25.7 Å². The van der Waals surface area contributed by atoms with Gasteiger partial charge < -0.3 is 10.4 Å². The van der Waals surface area contributed by atoms with E-state index in [1.54, 1.807) is 0 Å². The molecule has 2 rings (SSSR count). The molecule has 0 amide bonds. The summed E-state index contributed by atoms with van der Waals surface area (Å²) in [6.07, 6.45) is 6.11. The van der Waals surface area contributed by atoms with Crippen LogP contribution in [0.3, 0.4) is 0 Å². The van der Waals surface area contributed by atoms with Gasteiger partial charge in [-0.05, 0) is 36.6 Å². The lowest BCUT2D eigenvalue weighted by Crippen LogP contribution is -2.40. The van der Waals surface area contributed by atoms with Crippen LogP contribution < -0.4 is 5.32 Å². The zero-order valence-corrected chi connectivity index (χ0v) is 11.7. The second-order valence-corrected chi connectivity index (χ2v) is 5.66. The highest BCUT2D eigenvalue weighted by atomic mass is 19.1. The van der Waals surface area contributed by atoms with Crippen LogP contribution in [0.2, 0.25) is 0 Å². The first-order chi connectivity index (χ1) is 9.63. The van der Waals surface area contributed by atoms with Crippen LogP contribution in [-0.2, 0) is 6.54 Å². The standard InChI is InChI=1S/C16H21FN2O/c17-15-6-5-13(10-18)14(9-15)11-19-12-16(20)7-3-1-2-4-8-16/h5-6,9,19-20H,1-4,7-8,11-12H2. The van der Waals surface area contributed by atoms with Crippen molar-refractivity contribution in [1.82, 2.24) is 5.32 Å². The molecule has 1 saturated carbocycles. The smallest absolute Gasteiger partial charge is 0.123 e. The lowest BCUT2D eigenvalue weighted by molar-refractivity contribution is 0.0250. The van der Waals surface area contributed by atoms with Gasteiger partial charge in [0.25, 0.3) is 0 Å². The van der Waals surface area contributed by atoms with Crippen LogP contribution >= 0.6 is 0 Å². The minimum atomic E-state index is -0.656. The van der Waals surface area contributed by atoms with Crippen molar-refractivity contribution in [3.8, 4) is 6.07 Å². The topological polar surface area (TPSA) is 56.0 Å². The maximum Gasteiger partial charge on any atom is 0.123 e. The number of aliphatic hydroxyl groups is 1. The molecule has 0 aromatic heterocycles. The zero-order chi connectivity index (χ0) is 14.4. The van der Waals surface area contributed by atoms with Gasteiger partial charge in [0.2, 0.25) is 0 Å². The Labute approximate surface area is 119 Å². The fourth-order valence-corrected chi connectivity index (χ4v) is 2.81. The van der Waals surface area contributed by atoms with Gasteiger partial charge >= 0.3 is 0 Å². The molecule has 0 atom stereocenters. The molecule has 0 heterocycles. The van der Waals surface area contributed by atoms with E-state index >= 15 is 0 Å². The molecule has 0 bridgehead atoms.